The predicted octanol–water partition coefficient (Wildman–Crippen LogP) is 4.33. The number of hydrogen-bond acceptors (Lipinski definition) is 7. The number of carbonyl (C=O) groups is 2. The first-order valence-corrected chi connectivity index (χ1v) is 13.6. The molecular formula is C29H35FN4O6. The molecule has 4 heterocycles. The van der Waals surface area contributed by atoms with Crippen LogP contribution in [0.1, 0.15) is 79.0 Å². The van der Waals surface area contributed by atoms with Crippen LogP contribution in [-0.2, 0) is 20.7 Å². The van der Waals surface area contributed by atoms with Crippen LogP contribution in [0.3, 0.4) is 0 Å². The Balaban J connectivity index is 1.71. The highest BCUT2D eigenvalue weighted by molar-refractivity contribution is 5.93. The zero-order chi connectivity index (χ0) is 28.8. The summed E-state index contributed by atoms with van der Waals surface area (Å²) in [6, 6.07) is 2.88. The highest BCUT2D eigenvalue weighted by Gasteiger charge is 2.35. The van der Waals surface area contributed by atoms with Gasteiger partial charge in [0.15, 0.2) is 29.0 Å². The molecule has 2 atom stereocenters. The van der Waals surface area contributed by atoms with Gasteiger partial charge in [-0.2, -0.15) is 5.10 Å². The molecule has 2 aliphatic heterocycles. The molecule has 5 rings (SSSR count). The molecule has 1 saturated heterocycles. The summed E-state index contributed by atoms with van der Waals surface area (Å²) in [6.45, 7) is 10.3. The Hall–Kier alpha value is -3.57. The Morgan fingerprint density at radius 3 is 2.70 bits per heavy atom. The summed E-state index contributed by atoms with van der Waals surface area (Å²) in [7, 11) is 0. The Bertz CT molecular complexity index is 1470. The number of nitrogens with one attached hydrogen (secondary N) is 1. The summed E-state index contributed by atoms with van der Waals surface area (Å²) < 4.78 is 34.1. The van der Waals surface area contributed by atoms with Gasteiger partial charge in [-0.1, -0.05) is 0 Å². The summed E-state index contributed by atoms with van der Waals surface area (Å²) >= 11 is 0. The van der Waals surface area contributed by atoms with Crippen LogP contribution in [0.2, 0.25) is 0 Å². The van der Waals surface area contributed by atoms with Gasteiger partial charge in [-0.05, 0) is 71.9 Å². The van der Waals surface area contributed by atoms with E-state index in [1.54, 1.807) is 33.8 Å². The summed E-state index contributed by atoms with van der Waals surface area (Å²) in [5.41, 5.74) is 2.43. The van der Waals surface area contributed by atoms with Crippen molar-refractivity contribution in [3.8, 4) is 17.0 Å². The van der Waals surface area contributed by atoms with E-state index in [1.165, 1.54) is 10.6 Å². The van der Waals surface area contributed by atoms with Gasteiger partial charge < -0.3 is 24.6 Å². The van der Waals surface area contributed by atoms with Crippen LogP contribution < -0.4 is 10.1 Å². The van der Waals surface area contributed by atoms with Gasteiger partial charge in [0.25, 0.3) is 5.91 Å². The van der Waals surface area contributed by atoms with Crippen molar-refractivity contribution in [1.82, 2.24) is 19.9 Å². The molecule has 0 bridgehead atoms. The number of aromatic nitrogens is 3. The third kappa shape index (κ3) is 5.40. The average molecular weight is 555 g/mol. The predicted molar refractivity (Wildman–Crippen MR) is 144 cm³/mol. The second kappa shape index (κ2) is 10.8. The molecule has 1 fully saturated rings. The lowest BCUT2D eigenvalue weighted by Crippen LogP contribution is -2.32. The maximum Gasteiger partial charge on any atom is 0.337 e. The molecular weight excluding hydrogens is 519 g/mol. The van der Waals surface area contributed by atoms with E-state index in [2.05, 4.69) is 15.4 Å². The Morgan fingerprint density at radius 1 is 1.25 bits per heavy atom. The number of carboxylic acids is 1. The van der Waals surface area contributed by atoms with Gasteiger partial charge in [0.2, 0.25) is 0 Å². The van der Waals surface area contributed by atoms with Crippen molar-refractivity contribution in [2.75, 3.05) is 19.8 Å². The van der Waals surface area contributed by atoms with Crippen molar-refractivity contribution in [2.45, 2.75) is 78.1 Å². The minimum absolute atomic E-state index is 0.0438. The maximum absolute atomic E-state index is 15.4. The second-order valence-electron chi connectivity index (χ2n) is 11.3. The lowest BCUT2D eigenvalue weighted by Gasteiger charge is -2.28. The molecule has 0 radical (unpaired) electrons. The molecule has 2 aliphatic rings. The van der Waals surface area contributed by atoms with Crippen molar-refractivity contribution >= 4 is 17.5 Å². The monoisotopic (exact) mass is 554 g/mol. The number of amides is 1. The number of carboxylic acid groups (broad SMARTS) is 1. The van der Waals surface area contributed by atoms with Gasteiger partial charge in [0, 0.05) is 41.6 Å². The molecule has 0 aliphatic carbocycles. The Kier molecular flexibility index (Phi) is 7.54. The molecule has 0 spiro atoms. The van der Waals surface area contributed by atoms with E-state index >= 15 is 4.39 Å². The van der Waals surface area contributed by atoms with Gasteiger partial charge in [0.1, 0.15) is 0 Å². The molecule has 40 heavy (non-hydrogen) atoms. The summed E-state index contributed by atoms with van der Waals surface area (Å²) in [5.74, 6) is -1.96. The number of nitrogens with zero attached hydrogens (tertiary/aromatic N) is 3. The first-order valence-electron chi connectivity index (χ1n) is 13.6. The van der Waals surface area contributed by atoms with Crippen LogP contribution in [0.25, 0.3) is 16.9 Å². The number of aliphatic carboxylic acids is 1. The van der Waals surface area contributed by atoms with Gasteiger partial charge in [-0.3, -0.25) is 4.79 Å². The zero-order valence-electron chi connectivity index (χ0n) is 23.5. The highest BCUT2D eigenvalue weighted by Crippen LogP contribution is 2.41. The topological polar surface area (TPSA) is 124 Å². The normalized spacial score (nSPS) is 17.9. The largest absolute Gasteiger partial charge is 0.490 e. The lowest BCUT2D eigenvalue weighted by atomic mass is 9.91. The first-order chi connectivity index (χ1) is 18.9. The van der Waals surface area contributed by atoms with E-state index in [4.69, 9.17) is 14.2 Å². The van der Waals surface area contributed by atoms with Gasteiger partial charge in [-0.25, -0.2) is 18.7 Å². The number of hydrogen-bond donors (Lipinski definition) is 2. The molecule has 214 valence electrons. The number of halogens is 1. The molecule has 2 aromatic heterocycles. The van der Waals surface area contributed by atoms with E-state index in [-0.39, 0.29) is 23.1 Å². The standard InChI is InChI=1S/C29H35FN4O6/c1-15-18-9-7-11-39-25(18)20(30)12-19(15)24-23(26(28(36)37)40-29(3,4)5)16(2)32-22-13-21(33-34(22)24)27(35)31-14-17-8-6-10-38-17/h12-13,17,26H,6-11,14H2,1-5H3,(H,31,35)(H,36,37)/t17?,26-/m0/s1. The first kappa shape index (κ1) is 28.0. The zero-order valence-corrected chi connectivity index (χ0v) is 23.5. The van der Waals surface area contributed by atoms with Crippen LogP contribution in [-0.4, -0.2) is 63.0 Å². The number of fused-ring (bicyclic) bond motifs is 2. The van der Waals surface area contributed by atoms with Crippen molar-refractivity contribution in [2.24, 2.45) is 0 Å². The average Bonchev–Trinajstić information content (AvgIpc) is 3.57. The molecule has 1 amide bonds. The summed E-state index contributed by atoms with van der Waals surface area (Å²) in [6.07, 6.45) is 1.70. The SMILES string of the molecule is Cc1nc2cc(C(=O)NCC3CCCO3)nn2c(-c2cc(F)c3c(c2C)CCCO3)c1[C@H](OC(C)(C)C)C(=O)O. The van der Waals surface area contributed by atoms with E-state index in [0.29, 0.717) is 48.8 Å². The number of carbonyl (C=O) groups excluding carboxylic acids is 1. The number of aryl methyl sites for hydroxylation is 1. The minimum Gasteiger partial charge on any atom is -0.490 e. The van der Waals surface area contributed by atoms with E-state index in [1.807, 2.05) is 6.92 Å². The van der Waals surface area contributed by atoms with E-state index < -0.39 is 29.4 Å². The lowest BCUT2D eigenvalue weighted by molar-refractivity contribution is -0.160. The van der Waals surface area contributed by atoms with E-state index in [0.717, 1.165) is 30.4 Å². The third-order valence-electron chi connectivity index (χ3n) is 7.23. The molecule has 2 N–H and O–H groups in total. The minimum atomic E-state index is -1.43. The van der Waals surface area contributed by atoms with Crippen LogP contribution in [0.4, 0.5) is 4.39 Å². The fraction of sp³-hybridized carbons (Fsp3) is 0.517. The van der Waals surface area contributed by atoms with Crippen molar-refractivity contribution in [3.63, 3.8) is 0 Å². The van der Waals surface area contributed by atoms with Crippen molar-refractivity contribution in [3.05, 3.63) is 46.0 Å². The van der Waals surface area contributed by atoms with Crippen LogP contribution in [0.5, 0.6) is 5.75 Å². The van der Waals surface area contributed by atoms with Crippen LogP contribution >= 0.6 is 0 Å². The molecule has 10 nitrogen and oxygen atoms in total. The number of benzene rings is 1. The fourth-order valence-electron chi connectivity index (χ4n) is 5.41. The molecule has 3 aromatic rings. The van der Waals surface area contributed by atoms with Gasteiger partial charge >= 0.3 is 5.97 Å². The molecule has 1 unspecified atom stereocenters. The summed E-state index contributed by atoms with van der Waals surface area (Å²) in [5, 5.41) is 17.7. The quantitative estimate of drug-likeness (QED) is 0.442. The van der Waals surface area contributed by atoms with E-state index in [9.17, 15) is 14.7 Å². The molecule has 1 aromatic carbocycles. The van der Waals surface area contributed by atoms with Crippen molar-refractivity contribution in [1.29, 1.82) is 0 Å². The highest BCUT2D eigenvalue weighted by atomic mass is 19.1. The second-order valence-corrected chi connectivity index (χ2v) is 11.3. The van der Waals surface area contributed by atoms with Crippen LogP contribution in [0, 0.1) is 19.7 Å². The number of rotatable bonds is 7. The van der Waals surface area contributed by atoms with Gasteiger partial charge in [-0.15, -0.1) is 0 Å². The molecule has 0 saturated carbocycles. The Morgan fingerprint density at radius 2 is 2.02 bits per heavy atom. The smallest absolute Gasteiger partial charge is 0.337 e. The number of ether oxygens (including phenoxy) is 3. The van der Waals surface area contributed by atoms with Crippen LogP contribution in [0.15, 0.2) is 12.1 Å². The fourth-order valence-corrected chi connectivity index (χ4v) is 5.41. The third-order valence-corrected chi connectivity index (χ3v) is 7.23. The summed E-state index contributed by atoms with van der Waals surface area (Å²) in [4.78, 5) is 30.3. The Labute approximate surface area is 231 Å². The van der Waals surface area contributed by atoms with Crippen molar-refractivity contribution < 1.29 is 33.3 Å². The maximum atomic E-state index is 15.4. The van der Waals surface area contributed by atoms with Gasteiger partial charge in [0.05, 0.1) is 24.0 Å². The molecule has 11 heteroatoms.